The number of carbonyl (C=O) groups is 2. The number of amides is 1. The number of carbonyl (C=O) groups excluding carboxylic acids is 1. The molecular weight excluding hydrogens is 260 g/mol. The molecule has 0 spiro atoms. The van der Waals surface area contributed by atoms with Crippen LogP contribution in [0.5, 0.6) is 0 Å². The van der Waals surface area contributed by atoms with E-state index in [4.69, 9.17) is 9.84 Å². The third-order valence-corrected chi connectivity index (χ3v) is 3.19. The van der Waals surface area contributed by atoms with Gasteiger partial charge in [0.25, 0.3) is 5.91 Å². The second kappa shape index (κ2) is 7.02. The molecule has 20 heavy (non-hydrogen) atoms. The minimum absolute atomic E-state index is 0.117. The first-order valence-electron chi connectivity index (χ1n) is 6.58. The number of hydrogen-bond acceptors (Lipinski definition) is 4. The Morgan fingerprint density at radius 3 is 2.65 bits per heavy atom. The van der Waals surface area contributed by atoms with Crippen molar-refractivity contribution in [2.24, 2.45) is 0 Å². The van der Waals surface area contributed by atoms with Crippen LogP contribution in [0.25, 0.3) is 0 Å². The highest BCUT2D eigenvalue weighted by Crippen LogP contribution is 2.05. The van der Waals surface area contributed by atoms with Crippen LogP contribution in [0, 0.1) is 0 Å². The summed E-state index contributed by atoms with van der Waals surface area (Å²) in [6, 6.07) is 6.02. The van der Waals surface area contributed by atoms with Gasteiger partial charge in [0.2, 0.25) is 0 Å². The van der Waals surface area contributed by atoms with Crippen molar-refractivity contribution in [3.63, 3.8) is 0 Å². The number of morpholine rings is 1. The van der Waals surface area contributed by atoms with Crippen LogP contribution >= 0.6 is 0 Å². The van der Waals surface area contributed by atoms with E-state index in [1.54, 1.807) is 12.1 Å². The van der Waals surface area contributed by atoms with Crippen molar-refractivity contribution in [1.82, 2.24) is 10.2 Å². The molecule has 2 N–H and O–H groups in total. The Labute approximate surface area is 117 Å². The van der Waals surface area contributed by atoms with E-state index in [1.807, 2.05) is 0 Å². The number of aromatic carboxylic acids is 1. The summed E-state index contributed by atoms with van der Waals surface area (Å²) in [6.07, 6.45) is 0. The maximum Gasteiger partial charge on any atom is 0.335 e. The lowest BCUT2D eigenvalue weighted by Gasteiger charge is -2.26. The summed E-state index contributed by atoms with van der Waals surface area (Å²) < 4.78 is 5.25. The number of nitrogens with one attached hydrogen (secondary N) is 1. The second-order valence-electron chi connectivity index (χ2n) is 4.60. The number of rotatable bonds is 5. The van der Waals surface area contributed by atoms with E-state index in [2.05, 4.69) is 10.2 Å². The minimum Gasteiger partial charge on any atom is -0.478 e. The molecule has 0 bridgehead atoms. The van der Waals surface area contributed by atoms with Gasteiger partial charge in [-0.15, -0.1) is 0 Å². The standard InChI is InChI=1S/C14H18N2O4/c17-13(11-2-1-3-12(10-11)14(18)19)15-4-5-16-6-8-20-9-7-16/h1-3,10H,4-9H2,(H,15,17)(H,18,19). The van der Waals surface area contributed by atoms with Crippen LogP contribution in [-0.2, 0) is 4.74 Å². The van der Waals surface area contributed by atoms with E-state index in [0.717, 1.165) is 32.8 Å². The molecule has 1 heterocycles. The fraction of sp³-hybridized carbons (Fsp3) is 0.429. The first-order chi connectivity index (χ1) is 9.66. The normalized spacial score (nSPS) is 15.8. The molecule has 6 nitrogen and oxygen atoms in total. The van der Waals surface area contributed by atoms with E-state index in [0.29, 0.717) is 12.1 Å². The molecule has 0 aromatic heterocycles. The maximum absolute atomic E-state index is 11.9. The Kier molecular flexibility index (Phi) is 5.09. The van der Waals surface area contributed by atoms with Crippen molar-refractivity contribution in [2.45, 2.75) is 0 Å². The molecule has 1 aliphatic rings. The van der Waals surface area contributed by atoms with Gasteiger partial charge < -0.3 is 15.2 Å². The maximum atomic E-state index is 11.9. The summed E-state index contributed by atoms with van der Waals surface area (Å²) in [7, 11) is 0. The van der Waals surface area contributed by atoms with Crippen molar-refractivity contribution in [3.8, 4) is 0 Å². The zero-order valence-corrected chi connectivity index (χ0v) is 11.2. The molecule has 1 aromatic carbocycles. The van der Waals surface area contributed by atoms with Gasteiger partial charge in [0.15, 0.2) is 0 Å². The summed E-state index contributed by atoms with van der Waals surface area (Å²) in [5, 5.41) is 11.7. The molecule has 1 aliphatic heterocycles. The minimum atomic E-state index is -1.03. The first kappa shape index (κ1) is 14.5. The van der Waals surface area contributed by atoms with Crippen LogP contribution in [-0.4, -0.2) is 61.3 Å². The Bertz CT molecular complexity index is 484. The highest BCUT2D eigenvalue weighted by Gasteiger charge is 2.12. The van der Waals surface area contributed by atoms with Crippen molar-refractivity contribution < 1.29 is 19.4 Å². The largest absolute Gasteiger partial charge is 0.478 e. The SMILES string of the molecule is O=C(O)c1cccc(C(=O)NCCN2CCOCC2)c1. The lowest BCUT2D eigenvalue weighted by molar-refractivity contribution is 0.0383. The number of ether oxygens (including phenoxy) is 1. The summed E-state index contributed by atoms with van der Waals surface area (Å²) in [5.41, 5.74) is 0.484. The third kappa shape index (κ3) is 4.04. The average Bonchev–Trinajstić information content (AvgIpc) is 2.48. The van der Waals surface area contributed by atoms with E-state index < -0.39 is 5.97 Å². The number of hydrogen-bond donors (Lipinski definition) is 2. The van der Waals surface area contributed by atoms with E-state index in [-0.39, 0.29) is 11.5 Å². The summed E-state index contributed by atoms with van der Waals surface area (Å²) in [5.74, 6) is -1.28. The van der Waals surface area contributed by atoms with Gasteiger partial charge in [-0.25, -0.2) is 4.79 Å². The van der Waals surface area contributed by atoms with Crippen LogP contribution in [0.1, 0.15) is 20.7 Å². The second-order valence-corrected chi connectivity index (χ2v) is 4.60. The monoisotopic (exact) mass is 278 g/mol. The van der Waals surface area contributed by atoms with E-state index in [9.17, 15) is 9.59 Å². The van der Waals surface area contributed by atoms with Crippen LogP contribution in [0.15, 0.2) is 24.3 Å². The molecule has 1 fully saturated rings. The Morgan fingerprint density at radius 2 is 1.95 bits per heavy atom. The lowest BCUT2D eigenvalue weighted by atomic mass is 10.1. The topological polar surface area (TPSA) is 78.9 Å². The molecule has 0 aliphatic carbocycles. The molecule has 1 amide bonds. The third-order valence-electron chi connectivity index (χ3n) is 3.19. The molecule has 0 atom stereocenters. The smallest absolute Gasteiger partial charge is 0.335 e. The number of nitrogens with zero attached hydrogens (tertiary/aromatic N) is 1. The van der Waals surface area contributed by atoms with E-state index in [1.165, 1.54) is 12.1 Å². The molecular formula is C14H18N2O4. The fourth-order valence-electron chi connectivity index (χ4n) is 2.05. The predicted molar refractivity (Wildman–Crippen MR) is 73.0 cm³/mol. The lowest BCUT2D eigenvalue weighted by Crippen LogP contribution is -2.41. The quantitative estimate of drug-likeness (QED) is 0.817. The van der Waals surface area contributed by atoms with Gasteiger partial charge in [-0.3, -0.25) is 9.69 Å². The number of carboxylic acids is 1. The average molecular weight is 278 g/mol. The molecule has 1 aromatic rings. The van der Waals surface area contributed by atoms with Gasteiger partial charge in [0, 0.05) is 31.7 Å². The van der Waals surface area contributed by atoms with Gasteiger partial charge in [-0.05, 0) is 18.2 Å². The van der Waals surface area contributed by atoms with Crippen LogP contribution in [0.2, 0.25) is 0 Å². The van der Waals surface area contributed by atoms with Crippen molar-refractivity contribution in [2.75, 3.05) is 39.4 Å². The summed E-state index contributed by atoms with van der Waals surface area (Å²) >= 11 is 0. The number of carboxylic acid groups (broad SMARTS) is 1. The van der Waals surface area contributed by atoms with Crippen molar-refractivity contribution in [1.29, 1.82) is 0 Å². The van der Waals surface area contributed by atoms with Crippen molar-refractivity contribution >= 4 is 11.9 Å². The van der Waals surface area contributed by atoms with Gasteiger partial charge in [0.05, 0.1) is 18.8 Å². The number of benzene rings is 1. The summed E-state index contributed by atoms with van der Waals surface area (Å²) in [6.45, 7) is 4.53. The van der Waals surface area contributed by atoms with Crippen molar-refractivity contribution in [3.05, 3.63) is 35.4 Å². The molecule has 6 heteroatoms. The molecule has 0 radical (unpaired) electrons. The first-order valence-corrected chi connectivity index (χ1v) is 6.58. The molecule has 0 saturated carbocycles. The predicted octanol–water partition coefficient (Wildman–Crippen LogP) is 0.447. The zero-order chi connectivity index (χ0) is 14.4. The zero-order valence-electron chi connectivity index (χ0n) is 11.2. The fourth-order valence-corrected chi connectivity index (χ4v) is 2.05. The Hall–Kier alpha value is -1.92. The molecule has 108 valence electrons. The Morgan fingerprint density at radius 1 is 1.25 bits per heavy atom. The highest BCUT2D eigenvalue weighted by atomic mass is 16.5. The van der Waals surface area contributed by atoms with Gasteiger partial charge in [0.1, 0.15) is 0 Å². The molecule has 0 unspecified atom stereocenters. The summed E-state index contributed by atoms with van der Waals surface area (Å²) in [4.78, 5) is 25.0. The van der Waals surface area contributed by atoms with E-state index >= 15 is 0 Å². The molecule has 2 rings (SSSR count). The van der Waals surface area contributed by atoms with Crippen LogP contribution in [0.3, 0.4) is 0 Å². The van der Waals surface area contributed by atoms with Gasteiger partial charge >= 0.3 is 5.97 Å². The Balaban J connectivity index is 1.82. The van der Waals surface area contributed by atoms with Crippen LogP contribution < -0.4 is 5.32 Å². The van der Waals surface area contributed by atoms with Gasteiger partial charge in [-0.1, -0.05) is 6.07 Å². The highest BCUT2D eigenvalue weighted by molar-refractivity contribution is 5.97. The van der Waals surface area contributed by atoms with Gasteiger partial charge in [-0.2, -0.15) is 0 Å². The van der Waals surface area contributed by atoms with Crippen LogP contribution in [0.4, 0.5) is 0 Å². The molecule has 1 saturated heterocycles.